The van der Waals surface area contributed by atoms with Gasteiger partial charge >= 0.3 is 5.97 Å². The third-order valence-corrected chi connectivity index (χ3v) is 3.38. The Kier molecular flexibility index (Phi) is 4.65. The number of anilines is 2. The average molecular weight is 306 g/mol. The molecule has 0 aliphatic carbocycles. The van der Waals surface area contributed by atoms with Crippen LogP contribution in [0, 0.1) is 0 Å². The Labute approximate surface area is 127 Å². The molecule has 2 amide bonds. The maximum absolute atomic E-state index is 11.9. The number of benzene rings is 1. The fraction of sp³-hybridized carbons (Fsp3) is 0.400. The number of carboxylic acids is 1. The van der Waals surface area contributed by atoms with Crippen LogP contribution in [0.4, 0.5) is 11.4 Å². The summed E-state index contributed by atoms with van der Waals surface area (Å²) in [6, 6.07) is 5.04. The molecule has 1 aliphatic rings. The first-order valence-electron chi connectivity index (χ1n) is 6.98. The van der Waals surface area contributed by atoms with Gasteiger partial charge in [-0.05, 0) is 31.5 Å². The van der Waals surface area contributed by atoms with Crippen LogP contribution in [0.3, 0.4) is 0 Å². The number of likely N-dealkylation sites (N-methyl/N-ethyl adjacent to an activating group) is 1. The Balaban J connectivity index is 2.04. The maximum atomic E-state index is 11.9. The molecule has 1 aromatic rings. The topological polar surface area (TPSA) is 95.9 Å². The zero-order valence-corrected chi connectivity index (χ0v) is 12.5. The fourth-order valence-corrected chi connectivity index (χ4v) is 2.21. The van der Waals surface area contributed by atoms with Gasteiger partial charge in [0.2, 0.25) is 5.91 Å². The molecule has 0 saturated heterocycles. The number of aliphatic carboxylic acids is 1. The number of carboxylic acid groups (broad SMARTS) is 1. The normalized spacial score (nSPS) is 16.7. The molecule has 118 valence electrons. The van der Waals surface area contributed by atoms with Gasteiger partial charge in [-0.2, -0.15) is 0 Å². The highest BCUT2D eigenvalue weighted by atomic mass is 16.5. The van der Waals surface area contributed by atoms with E-state index in [1.54, 1.807) is 32.2 Å². The number of rotatable bonds is 5. The molecule has 7 heteroatoms. The van der Waals surface area contributed by atoms with Gasteiger partial charge in [0.05, 0.1) is 5.69 Å². The molecule has 1 aromatic carbocycles. The molecule has 1 aliphatic heterocycles. The summed E-state index contributed by atoms with van der Waals surface area (Å²) in [5, 5.41) is 11.2. The number of nitrogens with zero attached hydrogens (tertiary/aromatic N) is 1. The van der Waals surface area contributed by atoms with Crippen LogP contribution in [0.1, 0.15) is 26.2 Å². The third kappa shape index (κ3) is 3.55. The summed E-state index contributed by atoms with van der Waals surface area (Å²) in [6.45, 7) is 1.68. The first kappa shape index (κ1) is 15.8. The van der Waals surface area contributed by atoms with E-state index in [1.807, 2.05) is 0 Å². The lowest BCUT2D eigenvalue weighted by Crippen LogP contribution is -2.41. The van der Waals surface area contributed by atoms with E-state index in [-0.39, 0.29) is 31.1 Å². The highest BCUT2D eigenvalue weighted by Crippen LogP contribution is 2.35. The van der Waals surface area contributed by atoms with Gasteiger partial charge in [-0.25, -0.2) is 0 Å². The van der Waals surface area contributed by atoms with E-state index >= 15 is 0 Å². The number of fused-ring (bicyclic) bond motifs is 1. The lowest BCUT2D eigenvalue weighted by Gasteiger charge is -2.30. The maximum Gasteiger partial charge on any atom is 0.303 e. The lowest BCUT2D eigenvalue weighted by atomic mass is 10.1. The monoisotopic (exact) mass is 306 g/mol. The molecule has 2 N–H and O–H groups in total. The molecule has 0 saturated carbocycles. The number of hydrogen-bond acceptors (Lipinski definition) is 4. The smallest absolute Gasteiger partial charge is 0.303 e. The SMILES string of the molecule is CC1Oc2ccc(NC(=O)CCCC(=O)O)cc2N(C)C1=O. The van der Waals surface area contributed by atoms with Gasteiger partial charge in [0.1, 0.15) is 5.75 Å². The molecule has 0 radical (unpaired) electrons. The molecule has 0 fully saturated rings. The fourth-order valence-electron chi connectivity index (χ4n) is 2.21. The minimum atomic E-state index is -0.923. The molecular formula is C15H18N2O5. The predicted octanol–water partition coefficient (Wildman–Crippen LogP) is 1.62. The van der Waals surface area contributed by atoms with Crippen molar-refractivity contribution in [3.63, 3.8) is 0 Å². The average Bonchev–Trinajstić information content (AvgIpc) is 2.45. The molecule has 1 atom stereocenters. The van der Waals surface area contributed by atoms with E-state index in [0.717, 1.165) is 0 Å². The standard InChI is InChI=1S/C15H18N2O5/c1-9-15(21)17(2)11-8-10(6-7-12(11)22-9)16-13(18)4-3-5-14(19)20/h6-9H,3-5H2,1-2H3,(H,16,18)(H,19,20). The quantitative estimate of drug-likeness (QED) is 0.862. The molecule has 7 nitrogen and oxygen atoms in total. The molecular weight excluding hydrogens is 288 g/mol. The van der Waals surface area contributed by atoms with Crippen LogP contribution in [0.5, 0.6) is 5.75 Å². The highest BCUT2D eigenvalue weighted by molar-refractivity contribution is 6.00. The van der Waals surface area contributed by atoms with Crippen LogP contribution < -0.4 is 15.0 Å². The van der Waals surface area contributed by atoms with Gasteiger partial charge in [0.15, 0.2) is 6.10 Å². The zero-order valence-electron chi connectivity index (χ0n) is 12.5. The van der Waals surface area contributed by atoms with Crippen molar-refractivity contribution in [3.05, 3.63) is 18.2 Å². The van der Waals surface area contributed by atoms with Crippen LogP contribution in [-0.2, 0) is 14.4 Å². The van der Waals surface area contributed by atoms with Crippen molar-refractivity contribution < 1.29 is 24.2 Å². The van der Waals surface area contributed by atoms with E-state index in [9.17, 15) is 14.4 Å². The van der Waals surface area contributed by atoms with Gasteiger partial charge < -0.3 is 20.1 Å². The van der Waals surface area contributed by atoms with Gasteiger partial charge in [0, 0.05) is 25.6 Å². The summed E-state index contributed by atoms with van der Waals surface area (Å²) in [7, 11) is 1.65. The molecule has 0 aromatic heterocycles. The van der Waals surface area contributed by atoms with Crippen molar-refractivity contribution in [3.8, 4) is 5.75 Å². The number of carbonyl (C=O) groups is 3. The summed E-state index contributed by atoms with van der Waals surface area (Å²) in [4.78, 5) is 35.5. The minimum absolute atomic E-state index is 0.0411. The van der Waals surface area contributed by atoms with Crippen molar-refractivity contribution in [2.45, 2.75) is 32.3 Å². The Morgan fingerprint density at radius 2 is 2.09 bits per heavy atom. The van der Waals surface area contributed by atoms with E-state index in [0.29, 0.717) is 17.1 Å². The van der Waals surface area contributed by atoms with E-state index in [1.165, 1.54) is 4.90 Å². The number of nitrogens with one attached hydrogen (secondary N) is 1. The van der Waals surface area contributed by atoms with Crippen LogP contribution in [0.25, 0.3) is 0 Å². The molecule has 1 heterocycles. The minimum Gasteiger partial charge on any atom is -0.481 e. The van der Waals surface area contributed by atoms with E-state index < -0.39 is 12.1 Å². The second-order valence-electron chi connectivity index (χ2n) is 5.14. The van der Waals surface area contributed by atoms with Gasteiger partial charge in [-0.15, -0.1) is 0 Å². The highest BCUT2D eigenvalue weighted by Gasteiger charge is 2.28. The zero-order chi connectivity index (χ0) is 16.3. The summed E-state index contributed by atoms with van der Waals surface area (Å²) in [6.07, 6.45) is -0.161. The molecule has 22 heavy (non-hydrogen) atoms. The van der Waals surface area contributed by atoms with Crippen molar-refractivity contribution in [2.24, 2.45) is 0 Å². The Hall–Kier alpha value is -2.57. The summed E-state index contributed by atoms with van der Waals surface area (Å²) < 4.78 is 5.50. The van der Waals surface area contributed by atoms with Crippen LogP contribution in [-0.4, -0.2) is 36.0 Å². The van der Waals surface area contributed by atoms with Crippen LogP contribution in [0.2, 0.25) is 0 Å². The van der Waals surface area contributed by atoms with Crippen molar-refractivity contribution >= 4 is 29.2 Å². The van der Waals surface area contributed by atoms with Crippen molar-refractivity contribution in [1.82, 2.24) is 0 Å². The first-order valence-corrected chi connectivity index (χ1v) is 6.98. The third-order valence-electron chi connectivity index (χ3n) is 3.38. The number of amides is 2. The van der Waals surface area contributed by atoms with Crippen LogP contribution >= 0.6 is 0 Å². The Morgan fingerprint density at radius 1 is 1.36 bits per heavy atom. The summed E-state index contributed by atoms with van der Waals surface area (Å²) in [5.74, 6) is -0.760. The predicted molar refractivity (Wildman–Crippen MR) is 80.1 cm³/mol. The molecule has 0 spiro atoms. The number of hydrogen-bond donors (Lipinski definition) is 2. The largest absolute Gasteiger partial charge is 0.481 e. The Morgan fingerprint density at radius 3 is 2.77 bits per heavy atom. The van der Waals surface area contributed by atoms with Crippen molar-refractivity contribution in [2.75, 3.05) is 17.3 Å². The summed E-state index contributed by atoms with van der Waals surface area (Å²) >= 11 is 0. The molecule has 2 rings (SSSR count). The van der Waals surface area contributed by atoms with Gasteiger partial charge in [-0.1, -0.05) is 0 Å². The number of carbonyl (C=O) groups excluding carboxylic acids is 2. The molecule has 1 unspecified atom stereocenters. The first-order chi connectivity index (χ1) is 10.4. The lowest BCUT2D eigenvalue weighted by molar-refractivity contribution is -0.137. The van der Waals surface area contributed by atoms with E-state index in [2.05, 4.69) is 5.32 Å². The number of ether oxygens (including phenoxy) is 1. The Bertz CT molecular complexity index is 614. The van der Waals surface area contributed by atoms with E-state index in [4.69, 9.17) is 9.84 Å². The van der Waals surface area contributed by atoms with Gasteiger partial charge in [-0.3, -0.25) is 14.4 Å². The molecule has 0 bridgehead atoms. The second kappa shape index (κ2) is 6.46. The second-order valence-corrected chi connectivity index (χ2v) is 5.14. The van der Waals surface area contributed by atoms with Gasteiger partial charge in [0.25, 0.3) is 5.91 Å². The summed E-state index contributed by atoms with van der Waals surface area (Å²) in [5.41, 5.74) is 1.13. The van der Waals surface area contributed by atoms with Crippen LogP contribution in [0.15, 0.2) is 18.2 Å². The van der Waals surface area contributed by atoms with Crippen molar-refractivity contribution in [1.29, 1.82) is 0 Å².